The monoisotopic (exact) mass is 170 g/mol. The van der Waals surface area contributed by atoms with Crippen LogP contribution < -0.4 is 11.1 Å². The Balaban J connectivity index is 1.84. The second kappa shape index (κ2) is 4.83. The van der Waals surface area contributed by atoms with Gasteiger partial charge < -0.3 is 11.1 Å². The molecule has 0 saturated heterocycles. The highest BCUT2D eigenvalue weighted by molar-refractivity contribution is 4.91. The zero-order chi connectivity index (χ0) is 8.97. The minimum Gasteiger partial charge on any atom is -0.328 e. The average Bonchev–Trinajstić information content (AvgIpc) is 2.76. The number of hydrogen-bond donors (Lipinski definition) is 2. The summed E-state index contributed by atoms with van der Waals surface area (Å²) in [4.78, 5) is 0. The van der Waals surface area contributed by atoms with Crippen LogP contribution in [-0.2, 0) is 0 Å². The number of rotatable bonds is 6. The van der Waals surface area contributed by atoms with Gasteiger partial charge >= 0.3 is 0 Å². The Bertz CT molecular complexity index is 123. The maximum absolute atomic E-state index is 5.65. The lowest BCUT2D eigenvalue weighted by molar-refractivity contribution is 0.555. The van der Waals surface area contributed by atoms with E-state index in [2.05, 4.69) is 19.2 Å². The summed E-state index contributed by atoms with van der Waals surface area (Å²) >= 11 is 0. The maximum atomic E-state index is 5.65. The van der Waals surface area contributed by atoms with E-state index in [9.17, 15) is 0 Å². The molecule has 0 heterocycles. The van der Waals surface area contributed by atoms with Gasteiger partial charge in [0.1, 0.15) is 0 Å². The molecule has 0 bridgehead atoms. The lowest BCUT2D eigenvalue weighted by atomic mass is 10.2. The van der Waals surface area contributed by atoms with Gasteiger partial charge in [-0.3, -0.25) is 0 Å². The third-order valence-corrected chi connectivity index (χ3v) is 2.69. The first kappa shape index (κ1) is 10.0. The molecule has 2 nitrogen and oxygen atoms in total. The van der Waals surface area contributed by atoms with Crippen LogP contribution in [0.2, 0.25) is 0 Å². The summed E-state index contributed by atoms with van der Waals surface area (Å²) in [6.07, 6.45) is 5.11. The van der Waals surface area contributed by atoms with Crippen molar-refractivity contribution in [3.05, 3.63) is 0 Å². The van der Waals surface area contributed by atoms with Crippen LogP contribution in [0.25, 0.3) is 0 Å². The van der Waals surface area contributed by atoms with Crippen LogP contribution in [-0.4, -0.2) is 18.6 Å². The molecule has 1 rings (SSSR count). The number of hydrogen-bond acceptors (Lipinski definition) is 2. The highest BCUT2D eigenvalue weighted by Gasteiger charge is 2.34. The fraction of sp³-hybridized carbons (Fsp3) is 1.00. The molecule has 0 radical (unpaired) electrons. The van der Waals surface area contributed by atoms with E-state index in [0.29, 0.717) is 6.04 Å². The van der Waals surface area contributed by atoms with Crippen molar-refractivity contribution in [1.29, 1.82) is 0 Å². The van der Waals surface area contributed by atoms with Gasteiger partial charge in [-0.1, -0.05) is 13.3 Å². The average molecular weight is 170 g/mol. The molecular formula is C10H22N2. The van der Waals surface area contributed by atoms with Gasteiger partial charge in [-0.2, -0.15) is 0 Å². The van der Waals surface area contributed by atoms with E-state index in [-0.39, 0.29) is 0 Å². The molecule has 0 spiro atoms. The summed E-state index contributed by atoms with van der Waals surface area (Å²) in [5.41, 5.74) is 5.65. The van der Waals surface area contributed by atoms with E-state index in [0.717, 1.165) is 24.9 Å². The third kappa shape index (κ3) is 3.55. The molecule has 0 aliphatic heterocycles. The molecule has 1 aliphatic rings. The lowest BCUT2D eigenvalue weighted by Gasteiger charge is -2.05. The van der Waals surface area contributed by atoms with Gasteiger partial charge in [-0.25, -0.2) is 0 Å². The van der Waals surface area contributed by atoms with Gasteiger partial charge in [0.05, 0.1) is 0 Å². The second-order valence-corrected chi connectivity index (χ2v) is 4.08. The molecule has 72 valence electrons. The first-order valence-corrected chi connectivity index (χ1v) is 5.23. The minimum absolute atomic E-state index is 0.368. The second-order valence-electron chi connectivity index (χ2n) is 4.08. The van der Waals surface area contributed by atoms with Crippen molar-refractivity contribution in [2.24, 2.45) is 11.7 Å². The zero-order valence-corrected chi connectivity index (χ0v) is 8.34. The Morgan fingerprint density at radius 2 is 2.33 bits per heavy atom. The van der Waals surface area contributed by atoms with Crippen LogP contribution in [0.1, 0.15) is 39.5 Å². The molecule has 1 fully saturated rings. The predicted molar refractivity (Wildman–Crippen MR) is 53.1 cm³/mol. The summed E-state index contributed by atoms with van der Waals surface area (Å²) in [6.45, 7) is 5.50. The SMILES string of the molecule is CCC1CC1NCCCC(C)N. The first-order valence-electron chi connectivity index (χ1n) is 5.23. The topological polar surface area (TPSA) is 38.0 Å². The first-order chi connectivity index (χ1) is 5.74. The van der Waals surface area contributed by atoms with Crippen molar-refractivity contribution in [3.63, 3.8) is 0 Å². The molecule has 3 unspecified atom stereocenters. The van der Waals surface area contributed by atoms with Crippen molar-refractivity contribution in [2.45, 2.75) is 51.6 Å². The Morgan fingerprint density at radius 3 is 2.83 bits per heavy atom. The maximum Gasteiger partial charge on any atom is 0.00990 e. The summed E-state index contributed by atoms with van der Waals surface area (Å²) in [6, 6.07) is 1.20. The van der Waals surface area contributed by atoms with Crippen molar-refractivity contribution >= 4 is 0 Å². The molecule has 0 amide bonds. The Labute approximate surface area is 75.9 Å². The van der Waals surface area contributed by atoms with E-state index in [4.69, 9.17) is 5.73 Å². The Morgan fingerprint density at radius 1 is 1.58 bits per heavy atom. The van der Waals surface area contributed by atoms with E-state index in [1.807, 2.05) is 0 Å². The van der Waals surface area contributed by atoms with E-state index in [1.54, 1.807) is 0 Å². The molecule has 1 saturated carbocycles. The summed E-state index contributed by atoms with van der Waals surface area (Å²) in [5.74, 6) is 0.972. The molecular weight excluding hydrogens is 148 g/mol. The van der Waals surface area contributed by atoms with Crippen molar-refractivity contribution in [1.82, 2.24) is 5.32 Å². The largest absolute Gasteiger partial charge is 0.328 e. The van der Waals surface area contributed by atoms with Crippen LogP contribution in [0.5, 0.6) is 0 Å². The lowest BCUT2D eigenvalue weighted by Crippen LogP contribution is -2.22. The van der Waals surface area contributed by atoms with E-state index < -0.39 is 0 Å². The predicted octanol–water partition coefficient (Wildman–Crippen LogP) is 1.50. The van der Waals surface area contributed by atoms with Crippen LogP contribution in [0.15, 0.2) is 0 Å². The fourth-order valence-electron chi connectivity index (χ4n) is 1.66. The molecule has 0 aromatic carbocycles. The molecule has 3 N–H and O–H groups in total. The molecule has 12 heavy (non-hydrogen) atoms. The molecule has 1 aliphatic carbocycles. The third-order valence-electron chi connectivity index (χ3n) is 2.69. The highest BCUT2D eigenvalue weighted by Crippen LogP contribution is 2.32. The van der Waals surface area contributed by atoms with Gasteiger partial charge in [0.15, 0.2) is 0 Å². The zero-order valence-electron chi connectivity index (χ0n) is 8.34. The van der Waals surface area contributed by atoms with Crippen LogP contribution in [0, 0.1) is 5.92 Å². The molecule has 2 heteroatoms. The van der Waals surface area contributed by atoms with Crippen molar-refractivity contribution < 1.29 is 0 Å². The molecule has 0 aromatic heterocycles. The molecule has 0 aromatic rings. The highest BCUT2D eigenvalue weighted by atomic mass is 15.0. The van der Waals surface area contributed by atoms with Gasteiger partial charge in [0, 0.05) is 12.1 Å². The Hall–Kier alpha value is -0.0800. The van der Waals surface area contributed by atoms with Crippen LogP contribution in [0.4, 0.5) is 0 Å². The fourth-order valence-corrected chi connectivity index (χ4v) is 1.66. The van der Waals surface area contributed by atoms with Crippen LogP contribution >= 0.6 is 0 Å². The molecule has 3 atom stereocenters. The van der Waals surface area contributed by atoms with Gasteiger partial charge in [0.2, 0.25) is 0 Å². The van der Waals surface area contributed by atoms with Crippen LogP contribution in [0.3, 0.4) is 0 Å². The smallest absolute Gasteiger partial charge is 0.00990 e. The quantitative estimate of drug-likeness (QED) is 0.593. The normalized spacial score (nSPS) is 30.2. The van der Waals surface area contributed by atoms with E-state index >= 15 is 0 Å². The number of nitrogens with one attached hydrogen (secondary N) is 1. The van der Waals surface area contributed by atoms with Gasteiger partial charge in [-0.05, 0) is 38.6 Å². The Kier molecular flexibility index (Phi) is 4.02. The van der Waals surface area contributed by atoms with Crippen molar-refractivity contribution in [3.8, 4) is 0 Å². The summed E-state index contributed by atoms with van der Waals surface area (Å²) < 4.78 is 0. The summed E-state index contributed by atoms with van der Waals surface area (Å²) in [7, 11) is 0. The van der Waals surface area contributed by atoms with Gasteiger partial charge in [-0.15, -0.1) is 0 Å². The van der Waals surface area contributed by atoms with Crippen molar-refractivity contribution in [2.75, 3.05) is 6.54 Å². The number of nitrogens with two attached hydrogens (primary N) is 1. The summed E-state index contributed by atoms with van der Waals surface area (Å²) in [5, 5.41) is 3.56. The van der Waals surface area contributed by atoms with E-state index in [1.165, 1.54) is 19.3 Å². The minimum atomic E-state index is 0.368. The standard InChI is InChI=1S/C10H22N2/c1-3-9-7-10(9)12-6-4-5-8(2)11/h8-10,12H,3-7,11H2,1-2H3. The van der Waals surface area contributed by atoms with Gasteiger partial charge in [0.25, 0.3) is 0 Å².